The lowest BCUT2D eigenvalue weighted by Gasteiger charge is -2.38. The molecule has 2 rings (SSSR count). The van der Waals surface area contributed by atoms with Gasteiger partial charge in [0, 0.05) is 13.1 Å². The number of nitrogens with zero attached hydrogens (tertiary/aromatic N) is 2. The van der Waals surface area contributed by atoms with Crippen molar-refractivity contribution in [2.24, 2.45) is 0 Å². The summed E-state index contributed by atoms with van der Waals surface area (Å²) >= 11 is 0. The van der Waals surface area contributed by atoms with Crippen molar-refractivity contribution in [1.29, 1.82) is 0 Å². The van der Waals surface area contributed by atoms with Crippen LogP contribution in [0.2, 0.25) is 0 Å². The molecule has 6 heteroatoms. The Labute approximate surface area is 118 Å². The van der Waals surface area contributed by atoms with Gasteiger partial charge in [-0.05, 0) is 38.8 Å². The van der Waals surface area contributed by atoms with Crippen LogP contribution < -0.4 is 9.64 Å². The van der Waals surface area contributed by atoms with Gasteiger partial charge in [-0.1, -0.05) is 6.07 Å². The molecule has 1 unspecified atom stereocenters. The average Bonchev–Trinajstić information content (AvgIpc) is 2.37. The molecule has 0 aliphatic carbocycles. The number of nitro groups is 1. The predicted molar refractivity (Wildman–Crippen MR) is 76.3 cm³/mol. The highest BCUT2D eigenvalue weighted by atomic mass is 16.6. The molecular formula is C14H20N2O4. The lowest BCUT2D eigenvalue weighted by Crippen LogP contribution is -2.46. The van der Waals surface area contributed by atoms with Gasteiger partial charge in [-0.25, -0.2) is 0 Å². The van der Waals surface area contributed by atoms with E-state index in [1.807, 2.05) is 4.90 Å². The molecule has 1 aliphatic rings. The molecule has 1 heterocycles. The van der Waals surface area contributed by atoms with Crippen LogP contribution in [0.25, 0.3) is 0 Å². The number of piperidine rings is 1. The number of nitro benzene ring substituents is 1. The molecule has 0 bridgehead atoms. The third-order valence-electron chi connectivity index (χ3n) is 3.48. The third-order valence-corrected chi connectivity index (χ3v) is 3.48. The normalized spacial score (nSPS) is 22.6. The van der Waals surface area contributed by atoms with E-state index in [9.17, 15) is 15.2 Å². The van der Waals surface area contributed by atoms with Crippen molar-refractivity contribution >= 4 is 11.4 Å². The fourth-order valence-corrected chi connectivity index (χ4v) is 2.65. The molecule has 0 spiro atoms. The van der Waals surface area contributed by atoms with E-state index in [-0.39, 0.29) is 11.4 Å². The minimum Gasteiger partial charge on any atom is -0.487 e. The van der Waals surface area contributed by atoms with Gasteiger partial charge in [0.05, 0.1) is 17.1 Å². The number of hydrogen-bond acceptors (Lipinski definition) is 5. The van der Waals surface area contributed by atoms with E-state index in [2.05, 4.69) is 0 Å². The number of ether oxygens (including phenoxy) is 1. The lowest BCUT2D eigenvalue weighted by molar-refractivity contribution is -0.385. The van der Waals surface area contributed by atoms with Crippen molar-refractivity contribution in [1.82, 2.24) is 0 Å². The fraction of sp³-hybridized carbons (Fsp3) is 0.571. The van der Waals surface area contributed by atoms with Gasteiger partial charge in [-0.15, -0.1) is 0 Å². The highest BCUT2D eigenvalue weighted by molar-refractivity contribution is 5.70. The SMILES string of the molecule is CCOc1cccc(N2CCCC(C)(O)C2)c1[N+](=O)[O-]. The second-order valence-corrected chi connectivity index (χ2v) is 5.34. The summed E-state index contributed by atoms with van der Waals surface area (Å²) in [6.07, 6.45) is 1.52. The molecule has 1 aliphatic heterocycles. The van der Waals surface area contributed by atoms with E-state index in [0.29, 0.717) is 31.8 Å². The van der Waals surface area contributed by atoms with Gasteiger partial charge in [0.1, 0.15) is 5.69 Å². The monoisotopic (exact) mass is 280 g/mol. The van der Waals surface area contributed by atoms with E-state index in [0.717, 1.165) is 6.42 Å². The van der Waals surface area contributed by atoms with Crippen molar-refractivity contribution in [2.75, 3.05) is 24.6 Å². The number of β-amino-alcohol motifs (C(OH)–C–C–N with tert-alkyl or cyclic N) is 1. The highest BCUT2D eigenvalue weighted by Gasteiger charge is 2.33. The van der Waals surface area contributed by atoms with Crippen LogP contribution in [0.4, 0.5) is 11.4 Å². The summed E-state index contributed by atoms with van der Waals surface area (Å²) in [5.74, 6) is 0.278. The second kappa shape index (κ2) is 5.66. The maximum atomic E-state index is 11.4. The van der Waals surface area contributed by atoms with Gasteiger partial charge < -0.3 is 14.7 Å². The van der Waals surface area contributed by atoms with Crippen LogP contribution in [0.3, 0.4) is 0 Å². The molecule has 1 aromatic carbocycles. The zero-order valence-corrected chi connectivity index (χ0v) is 11.8. The minimum absolute atomic E-state index is 0.0212. The summed E-state index contributed by atoms with van der Waals surface area (Å²) in [7, 11) is 0. The Balaban J connectivity index is 2.40. The Morgan fingerprint density at radius 1 is 1.55 bits per heavy atom. The minimum atomic E-state index is -0.812. The van der Waals surface area contributed by atoms with Crippen molar-refractivity contribution < 1.29 is 14.8 Å². The largest absolute Gasteiger partial charge is 0.487 e. The standard InChI is InChI=1S/C14H20N2O4/c1-3-20-12-7-4-6-11(13(12)16(18)19)15-9-5-8-14(2,17)10-15/h4,6-7,17H,3,5,8-10H2,1-2H3. The topological polar surface area (TPSA) is 75.8 Å². The zero-order chi connectivity index (χ0) is 14.8. The van der Waals surface area contributed by atoms with Crippen LogP contribution >= 0.6 is 0 Å². The van der Waals surface area contributed by atoms with Gasteiger partial charge >= 0.3 is 5.69 Å². The molecule has 0 amide bonds. The molecule has 6 nitrogen and oxygen atoms in total. The molecule has 0 aromatic heterocycles. The Kier molecular flexibility index (Phi) is 4.13. The Morgan fingerprint density at radius 3 is 2.90 bits per heavy atom. The Hall–Kier alpha value is -1.82. The van der Waals surface area contributed by atoms with Crippen LogP contribution in [0.15, 0.2) is 18.2 Å². The van der Waals surface area contributed by atoms with E-state index in [4.69, 9.17) is 4.74 Å². The first-order valence-electron chi connectivity index (χ1n) is 6.82. The smallest absolute Gasteiger partial charge is 0.333 e. The first kappa shape index (κ1) is 14.6. The molecule has 0 saturated carbocycles. The first-order valence-corrected chi connectivity index (χ1v) is 6.82. The first-order chi connectivity index (χ1) is 9.44. The van der Waals surface area contributed by atoms with Crippen molar-refractivity contribution in [3.63, 3.8) is 0 Å². The highest BCUT2D eigenvalue weighted by Crippen LogP contribution is 2.39. The van der Waals surface area contributed by atoms with Crippen LogP contribution in [0.5, 0.6) is 5.75 Å². The van der Waals surface area contributed by atoms with Crippen LogP contribution in [-0.4, -0.2) is 35.3 Å². The molecule has 1 aromatic rings. The second-order valence-electron chi connectivity index (χ2n) is 5.34. The molecule has 1 fully saturated rings. The van der Waals surface area contributed by atoms with Gasteiger partial charge in [0.25, 0.3) is 0 Å². The van der Waals surface area contributed by atoms with Gasteiger partial charge in [0.15, 0.2) is 5.75 Å². The summed E-state index contributed by atoms with van der Waals surface area (Å²) in [6.45, 7) is 5.03. The maximum Gasteiger partial charge on any atom is 0.333 e. The number of aliphatic hydroxyl groups is 1. The number of benzene rings is 1. The van der Waals surface area contributed by atoms with Gasteiger partial charge in [0.2, 0.25) is 0 Å². The third kappa shape index (κ3) is 3.01. The van der Waals surface area contributed by atoms with Gasteiger partial charge in [-0.3, -0.25) is 10.1 Å². The van der Waals surface area contributed by atoms with Crippen LogP contribution in [-0.2, 0) is 0 Å². The Bertz CT molecular complexity index is 502. The van der Waals surface area contributed by atoms with E-state index >= 15 is 0 Å². The van der Waals surface area contributed by atoms with E-state index in [1.165, 1.54) is 0 Å². The molecule has 20 heavy (non-hydrogen) atoms. The van der Waals surface area contributed by atoms with Crippen LogP contribution in [0.1, 0.15) is 26.7 Å². The number of hydrogen-bond donors (Lipinski definition) is 1. The van der Waals surface area contributed by atoms with Crippen molar-refractivity contribution in [3.05, 3.63) is 28.3 Å². The summed E-state index contributed by atoms with van der Waals surface area (Å²) in [6, 6.07) is 5.06. The summed E-state index contributed by atoms with van der Waals surface area (Å²) < 4.78 is 5.35. The quantitative estimate of drug-likeness (QED) is 0.676. The van der Waals surface area contributed by atoms with Crippen LogP contribution in [0, 0.1) is 10.1 Å². The van der Waals surface area contributed by atoms with E-state index in [1.54, 1.807) is 32.0 Å². The number of anilines is 1. The molecule has 110 valence electrons. The van der Waals surface area contributed by atoms with Gasteiger partial charge in [-0.2, -0.15) is 0 Å². The lowest BCUT2D eigenvalue weighted by atomic mass is 9.94. The predicted octanol–water partition coefficient (Wildman–Crippen LogP) is 2.34. The van der Waals surface area contributed by atoms with E-state index < -0.39 is 10.5 Å². The number of rotatable bonds is 4. The fourth-order valence-electron chi connectivity index (χ4n) is 2.65. The Morgan fingerprint density at radius 2 is 2.30 bits per heavy atom. The van der Waals surface area contributed by atoms with Crippen molar-refractivity contribution in [3.8, 4) is 5.75 Å². The maximum absolute atomic E-state index is 11.4. The zero-order valence-electron chi connectivity index (χ0n) is 11.8. The molecule has 1 saturated heterocycles. The summed E-state index contributed by atoms with van der Waals surface area (Å²) in [4.78, 5) is 12.8. The molecular weight excluding hydrogens is 260 g/mol. The summed E-state index contributed by atoms with van der Waals surface area (Å²) in [5, 5.41) is 21.5. The molecule has 1 atom stereocenters. The molecule has 1 N–H and O–H groups in total. The summed E-state index contributed by atoms with van der Waals surface area (Å²) in [5.41, 5.74) is -0.318. The average molecular weight is 280 g/mol. The number of para-hydroxylation sites is 1. The molecule has 0 radical (unpaired) electrons. The van der Waals surface area contributed by atoms with Crippen molar-refractivity contribution in [2.45, 2.75) is 32.3 Å².